The van der Waals surface area contributed by atoms with Crippen molar-refractivity contribution < 1.29 is 161 Å². The molecule has 0 aromatic carbocycles. The Hall–Kier alpha value is 3.59. The third-order valence-corrected chi connectivity index (χ3v) is 0. The van der Waals surface area contributed by atoms with Crippen LogP contribution in [0.5, 0.6) is 0 Å². The zero-order chi connectivity index (χ0) is 8.08. The zero-order valence-electron chi connectivity index (χ0n) is 6.71. The number of rotatable bonds is 0. The van der Waals surface area contributed by atoms with E-state index in [-0.39, 0.29) is 109 Å². The third-order valence-electron chi connectivity index (χ3n) is 0. The Labute approximate surface area is 162 Å². The molecule has 12 heavy (non-hydrogen) atoms. The number of quaternary nitrogens is 1. The summed E-state index contributed by atoms with van der Waals surface area (Å²) in [4.78, 5) is 0. The van der Waals surface area contributed by atoms with E-state index in [9.17, 15) is 0 Å². The molecule has 0 bridgehead atoms. The van der Waals surface area contributed by atoms with Crippen LogP contribution >= 0.6 is 0 Å². The van der Waals surface area contributed by atoms with Crippen LogP contribution < -0.4 is 120 Å². The van der Waals surface area contributed by atoms with Crippen molar-refractivity contribution in [3.05, 3.63) is 0 Å². The van der Waals surface area contributed by atoms with Gasteiger partial charge in [0.05, 0.1) is 0 Å². The van der Waals surface area contributed by atoms with Crippen molar-refractivity contribution in [3.63, 3.8) is 0 Å². The molecule has 0 aliphatic heterocycles. The van der Waals surface area contributed by atoms with Gasteiger partial charge in [0.2, 0.25) is 0 Å². The third kappa shape index (κ3) is 167. The monoisotopic (exact) mass is 357 g/mol. The summed E-state index contributed by atoms with van der Waals surface area (Å²) in [5.74, 6) is 0. The molecule has 0 saturated carbocycles. The van der Waals surface area contributed by atoms with E-state index in [1.165, 1.54) is 0 Å². The molecule has 0 fully saturated rings. The van der Waals surface area contributed by atoms with E-state index < -0.39 is 32.1 Å². The van der Waals surface area contributed by atoms with Gasteiger partial charge in [-0.1, -0.05) is 0 Å². The Morgan fingerprint density at radius 3 is 1.00 bits per heavy atom. The number of hydrogen-bond donors (Lipinski definition) is 1. The van der Waals surface area contributed by atoms with Gasteiger partial charge in [0, 0.05) is 0 Å². The molecule has 4 N–H and O–H groups in total. The predicted molar refractivity (Wildman–Crippen MR) is 8.73 cm³/mol. The average molecular weight is 355 g/mol. The number of hydrogen-bond acceptors (Lipinski definition) is 7. The minimum absolute atomic E-state index is 0. The van der Waals surface area contributed by atoms with Gasteiger partial charge in [-0.2, -0.15) is 0 Å². The van der Waals surface area contributed by atoms with Crippen LogP contribution in [0.25, 0.3) is 0 Å². The van der Waals surface area contributed by atoms with Crippen molar-refractivity contribution in [1.82, 2.24) is 6.15 Å². The quantitative estimate of drug-likeness (QED) is 0.420. The van der Waals surface area contributed by atoms with Gasteiger partial charge in [-0.05, 0) is 0 Å². The van der Waals surface area contributed by atoms with Gasteiger partial charge in [0.1, 0.15) is 0 Å². The van der Waals surface area contributed by atoms with Crippen LogP contribution in [0.3, 0.4) is 0 Å². The molecule has 0 atom stereocenters. The van der Waals surface area contributed by atoms with Crippen LogP contribution in [0, 0.1) is 0 Å². The first-order chi connectivity index (χ1) is 3.73. The average Bonchev–Trinajstić information content (AvgIpc) is 1.19. The fourth-order valence-electron chi connectivity index (χ4n) is 0. The molecule has 0 rings (SSSR count). The molecule has 0 unspecified atom stereocenters. The second-order valence-electron chi connectivity index (χ2n) is 0.632. The molecule has 64 valence electrons. The summed E-state index contributed by atoms with van der Waals surface area (Å²) < 4.78 is 60.2. The van der Waals surface area contributed by atoms with Crippen molar-refractivity contribution in [1.29, 1.82) is 0 Å². The topological polar surface area (TPSA) is 174 Å². The maximum atomic E-state index is 8.63. The van der Waals surface area contributed by atoms with E-state index in [2.05, 4.69) is 0 Å². The molecule has 0 amide bonds. The Kier molecular flexibility index (Phi) is 41.9. The summed E-state index contributed by atoms with van der Waals surface area (Å²) in [5.41, 5.74) is 0. The minimum atomic E-state index is -6.02. The van der Waals surface area contributed by atoms with Gasteiger partial charge in [-0.3, -0.25) is 0 Å². The predicted octanol–water partition coefficient (Wildman–Crippen LogP) is -9.66. The van der Waals surface area contributed by atoms with Crippen molar-refractivity contribution in [2.75, 3.05) is 0 Å². The van der Waals surface area contributed by atoms with Gasteiger partial charge in [0.25, 0.3) is 0 Å². The Morgan fingerprint density at radius 1 is 1.00 bits per heavy atom. The molecular weight excluding hydrogens is 351 g/mol. The van der Waals surface area contributed by atoms with E-state index in [1.807, 2.05) is 0 Å². The fraction of sp³-hybridized carbons (Fsp3) is 0. The van der Waals surface area contributed by atoms with E-state index in [0.29, 0.717) is 0 Å². The second kappa shape index (κ2) is 17.0. The fourth-order valence-corrected chi connectivity index (χ4v) is 0. The van der Waals surface area contributed by atoms with E-state index in [0.717, 1.165) is 0 Å². The summed E-state index contributed by atoms with van der Waals surface area (Å²) in [7, 11) is 0. The molecule has 12 heteroatoms. The molecule has 0 aliphatic carbocycles. The molecule has 0 aromatic rings. The van der Waals surface area contributed by atoms with Crippen LogP contribution in [-0.2, 0) is 46.3 Å². The Bertz CT molecular complexity index is 202. The first-order valence-electron chi connectivity index (χ1n) is 1.21. The van der Waals surface area contributed by atoms with Gasteiger partial charge in [-0.15, -0.1) is 0 Å². The molecule has 0 heterocycles. The molecule has 0 aliphatic rings. The summed E-state index contributed by atoms with van der Waals surface area (Å²) in [6, 6.07) is 0. The van der Waals surface area contributed by atoms with Crippen molar-refractivity contribution in [3.8, 4) is 0 Å². The second-order valence-corrected chi connectivity index (χ2v) is 3.34. The van der Waals surface area contributed by atoms with Gasteiger partial charge in [-0.25, -0.2) is 0 Å². The van der Waals surface area contributed by atoms with Gasteiger partial charge < -0.3 is 6.15 Å². The van der Waals surface area contributed by atoms with Crippen molar-refractivity contribution in [2.45, 2.75) is 0 Å². The summed E-state index contributed by atoms with van der Waals surface area (Å²) >= 11 is -9.96. The van der Waals surface area contributed by atoms with Crippen LogP contribution in [0.15, 0.2) is 0 Å². The molecular formula is H4K2MoNO7V. The first kappa shape index (κ1) is 29.6. The molecule has 8 nitrogen and oxygen atoms in total. The van der Waals surface area contributed by atoms with Gasteiger partial charge in [0.15, 0.2) is 0 Å². The summed E-state index contributed by atoms with van der Waals surface area (Å²) in [6.07, 6.45) is 0. The Morgan fingerprint density at radius 2 is 1.00 bits per heavy atom. The molecule has 0 aromatic heterocycles. The van der Waals surface area contributed by atoms with Crippen LogP contribution in [0.2, 0.25) is 0 Å². The summed E-state index contributed by atoms with van der Waals surface area (Å²) in [6.45, 7) is 0. The molecule has 0 spiro atoms. The molecule has 0 saturated heterocycles. The Balaban J connectivity index is -0.0000000221. The van der Waals surface area contributed by atoms with Crippen molar-refractivity contribution in [2.24, 2.45) is 0 Å². The van der Waals surface area contributed by atoms with Crippen LogP contribution in [0.4, 0.5) is 0 Å². The van der Waals surface area contributed by atoms with E-state index in [1.54, 1.807) is 0 Å². The van der Waals surface area contributed by atoms with Crippen molar-refractivity contribution >= 4 is 0 Å². The zero-order valence-corrected chi connectivity index (χ0v) is 16.4. The maximum absolute atomic E-state index is 8.63. The first-order valence-corrected chi connectivity index (χ1v) is 6.20. The SMILES string of the molecule is [K+].[K+].[NH4+].[O]=[Mo](=[O])([O-])[O-].[O]=[V](=[O])[O-]. The summed E-state index contributed by atoms with van der Waals surface area (Å²) in [5, 5.41) is 0. The van der Waals surface area contributed by atoms with Crippen LogP contribution in [0.1, 0.15) is 0 Å². The molecule has 0 radical (unpaired) electrons. The normalized spacial score (nSPS) is 6.92. The van der Waals surface area contributed by atoms with Crippen LogP contribution in [-0.4, -0.2) is 0 Å². The standard InChI is InChI=1S/2K.Mo.H3N.7O.V/h;;;1H3;;;;;;;;/q2*+1;;;;;;;3*-1;/p+1. The van der Waals surface area contributed by atoms with Gasteiger partial charge >= 0.3 is 161 Å². The van der Waals surface area contributed by atoms with E-state index >= 15 is 0 Å². The van der Waals surface area contributed by atoms with E-state index in [4.69, 9.17) is 25.7 Å².